The molecule has 2 rings (SSSR count). The first-order valence-corrected chi connectivity index (χ1v) is 6.97. The molecule has 1 heterocycles. The van der Waals surface area contributed by atoms with Crippen molar-refractivity contribution in [2.24, 2.45) is 5.41 Å². The second-order valence-corrected chi connectivity index (χ2v) is 6.11. The molecule has 0 N–H and O–H groups in total. The van der Waals surface area contributed by atoms with E-state index in [-0.39, 0.29) is 0 Å². The van der Waals surface area contributed by atoms with Gasteiger partial charge in [-0.3, -0.25) is 0 Å². The average Bonchev–Trinajstić information content (AvgIpc) is 2.57. The van der Waals surface area contributed by atoms with Crippen molar-refractivity contribution >= 4 is 15.9 Å². The van der Waals surface area contributed by atoms with Gasteiger partial charge in [0.2, 0.25) is 0 Å². The van der Waals surface area contributed by atoms with Crippen molar-refractivity contribution in [3.8, 4) is 5.75 Å². The van der Waals surface area contributed by atoms with Gasteiger partial charge in [-0.25, -0.2) is 0 Å². The number of rotatable bonds is 3. The van der Waals surface area contributed by atoms with Crippen molar-refractivity contribution in [1.82, 2.24) is 0 Å². The molecule has 1 aromatic carbocycles. The van der Waals surface area contributed by atoms with E-state index in [0.717, 1.165) is 23.9 Å². The summed E-state index contributed by atoms with van der Waals surface area (Å²) in [5.74, 6) is 1.08. The van der Waals surface area contributed by atoms with Crippen molar-refractivity contribution in [2.75, 3.05) is 5.33 Å². The molecular weight excluding hydrogens is 264 g/mol. The van der Waals surface area contributed by atoms with E-state index >= 15 is 0 Å². The molecule has 0 radical (unpaired) electrons. The van der Waals surface area contributed by atoms with Crippen LogP contribution in [0.1, 0.15) is 31.9 Å². The summed E-state index contributed by atoms with van der Waals surface area (Å²) in [7, 11) is 0. The third-order valence-corrected chi connectivity index (χ3v) is 4.52. The lowest BCUT2D eigenvalue weighted by Crippen LogP contribution is -2.16. The van der Waals surface area contributed by atoms with Crippen LogP contribution in [0.2, 0.25) is 0 Å². The molecule has 0 saturated carbocycles. The highest BCUT2D eigenvalue weighted by Gasteiger charge is 2.21. The smallest absolute Gasteiger partial charge is 0.123 e. The predicted molar refractivity (Wildman–Crippen MR) is 71.5 cm³/mol. The monoisotopic (exact) mass is 282 g/mol. The Labute approximate surface area is 106 Å². The Bertz CT molecular complexity index is 384. The molecule has 0 saturated heterocycles. The maximum Gasteiger partial charge on any atom is 0.123 e. The first-order valence-electron chi connectivity index (χ1n) is 5.84. The molecular formula is C14H19BrO. The zero-order chi connectivity index (χ0) is 11.8. The Balaban J connectivity index is 2.17. The average molecular weight is 283 g/mol. The topological polar surface area (TPSA) is 9.23 Å². The van der Waals surface area contributed by atoms with Gasteiger partial charge in [0.1, 0.15) is 11.9 Å². The summed E-state index contributed by atoms with van der Waals surface area (Å²) < 4.78 is 5.71. The maximum absolute atomic E-state index is 5.71. The van der Waals surface area contributed by atoms with Crippen LogP contribution in [0.5, 0.6) is 5.75 Å². The molecule has 0 bridgehead atoms. The molecule has 2 heteroatoms. The highest BCUT2D eigenvalue weighted by molar-refractivity contribution is 9.09. The lowest BCUT2D eigenvalue weighted by Gasteiger charge is -2.21. The third-order valence-electron chi connectivity index (χ3n) is 3.00. The number of fused-ring (bicyclic) bond motifs is 1. The van der Waals surface area contributed by atoms with Crippen LogP contribution < -0.4 is 4.74 Å². The maximum atomic E-state index is 5.71. The molecule has 1 aliphatic heterocycles. The number of halogens is 1. The van der Waals surface area contributed by atoms with Crippen LogP contribution in [0.25, 0.3) is 0 Å². The minimum atomic E-state index is 0.319. The third kappa shape index (κ3) is 2.60. The summed E-state index contributed by atoms with van der Waals surface area (Å²) in [5, 5.41) is 1.03. The van der Waals surface area contributed by atoms with Crippen LogP contribution in [0.3, 0.4) is 0 Å². The van der Waals surface area contributed by atoms with Crippen molar-refractivity contribution in [2.45, 2.75) is 39.7 Å². The fraction of sp³-hybridized carbons (Fsp3) is 0.571. The van der Waals surface area contributed by atoms with Crippen LogP contribution in [-0.2, 0) is 12.8 Å². The van der Waals surface area contributed by atoms with E-state index in [0.29, 0.717) is 11.5 Å². The Morgan fingerprint density at radius 1 is 1.44 bits per heavy atom. The normalized spacial score (nSPS) is 19.4. The molecule has 1 unspecified atom stereocenters. The molecule has 16 heavy (non-hydrogen) atoms. The zero-order valence-electron chi connectivity index (χ0n) is 10.2. The van der Waals surface area contributed by atoms with Crippen LogP contribution in [0, 0.1) is 5.41 Å². The summed E-state index contributed by atoms with van der Waals surface area (Å²) in [6.45, 7) is 6.70. The molecule has 0 aliphatic carbocycles. The predicted octanol–water partition coefficient (Wildman–Crippen LogP) is 3.97. The highest BCUT2D eigenvalue weighted by atomic mass is 79.9. The second-order valence-electron chi connectivity index (χ2n) is 5.55. The minimum Gasteiger partial charge on any atom is -0.490 e. The van der Waals surface area contributed by atoms with Crippen LogP contribution in [0.15, 0.2) is 18.2 Å². The van der Waals surface area contributed by atoms with Gasteiger partial charge in [-0.2, -0.15) is 0 Å². The Hall–Kier alpha value is -0.500. The largest absolute Gasteiger partial charge is 0.490 e. The summed E-state index contributed by atoms with van der Waals surface area (Å²) in [6.07, 6.45) is 2.51. The van der Waals surface area contributed by atoms with Gasteiger partial charge in [-0.1, -0.05) is 41.9 Å². The van der Waals surface area contributed by atoms with Gasteiger partial charge >= 0.3 is 0 Å². The number of hydrogen-bond acceptors (Lipinski definition) is 1. The minimum absolute atomic E-state index is 0.319. The van der Waals surface area contributed by atoms with E-state index in [1.54, 1.807) is 0 Å². The first kappa shape index (κ1) is 12.0. The van der Waals surface area contributed by atoms with Crippen molar-refractivity contribution < 1.29 is 4.74 Å². The van der Waals surface area contributed by atoms with Crippen molar-refractivity contribution in [1.29, 1.82) is 0 Å². The van der Waals surface area contributed by atoms with E-state index in [1.165, 1.54) is 11.1 Å². The molecule has 1 aliphatic rings. The van der Waals surface area contributed by atoms with Gasteiger partial charge < -0.3 is 4.74 Å². The summed E-state index contributed by atoms with van der Waals surface area (Å²) in [6, 6.07) is 6.63. The molecule has 0 spiro atoms. The number of hydrogen-bond donors (Lipinski definition) is 0. The van der Waals surface area contributed by atoms with Gasteiger partial charge in [0.25, 0.3) is 0 Å². The lowest BCUT2D eigenvalue weighted by atomic mass is 9.87. The fourth-order valence-corrected chi connectivity index (χ4v) is 2.38. The van der Waals surface area contributed by atoms with Crippen molar-refractivity contribution in [3.63, 3.8) is 0 Å². The molecule has 0 fully saturated rings. The molecule has 0 aromatic heterocycles. The van der Waals surface area contributed by atoms with Crippen LogP contribution >= 0.6 is 15.9 Å². The number of ether oxygens (including phenoxy) is 1. The Kier molecular flexibility index (Phi) is 3.29. The number of alkyl halides is 1. The lowest BCUT2D eigenvalue weighted by molar-refractivity contribution is 0.254. The van der Waals surface area contributed by atoms with Crippen LogP contribution in [0.4, 0.5) is 0 Å². The summed E-state index contributed by atoms with van der Waals surface area (Å²) in [5.41, 5.74) is 3.11. The van der Waals surface area contributed by atoms with Gasteiger partial charge in [0.15, 0.2) is 0 Å². The summed E-state index contributed by atoms with van der Waals surface area (Å²) in [4.78, 5) is 0. The molecule has 1 aromatic rings. The first-order chi connectivity index (χ1) is 7.50. The van der Waals surface area contributed by atoms with Gasteiger partial charge in [-0.05, 0) is 36.0 Å². The van der Waals surface area contributed by atoms with E-state index in [2.05, 4.69) is 54.9 Å². The van der Waals surface area contributed by atoms with E-state index in [9.17, 15) is 0 Å². The fourth-order valence-electron chi connectivity index (χ4n) is 2.19. The summed E-state index contributed by atoms with van der Waals surface area (Å²) >= 11 is 3.58. The van der Waals surface area contributed by atoms with E-state index in [4.69, 9.17) is 4.74 Å². The van der Waals surface area contributed by atoms with E-state index in [1.807, 2.05) is 0 Å². The molecule has 1 nitrogen and oxygen atoms in total. The molecule has 1 atom stereocenters. The second kappa shape index (κ2) is 4.40. The van der Waals surface area contributed by atoms with Gasteiger partial charge in [-0.15, -0.1) is 0 Å². The number of benzene rings is 1. The van der Waals surface area contributed by atoms with E-state index < -0.39 is 0 Å². The van der Waals surface area contributed by atoms with Crippen molar-refractivity contribution in [3.05, 3.63) is 29.3 Å². The zero-order valence-corrected chi connectivity index (χ0v) is 11.8. The highest BCUT2D eigenvalue weighted by Crippen LogP contribution is 2.32. The van der Waals surface area contributed by atoms with Crippen LogP contribution in [-0.4, -0.2) is 11.4 Å². The standard InChI is InChI=1S/C14H19BrO/c1-10-6-12-7-11(4-5-13(12)16-10)8-14(2,3)9-15/h4-5,7,10H,6,8-9H2,1-3H3. The molecule has 88 valence electrons. The Morgan fingerprint density at radius 3 is 2.88 bits per heavy atom. The Morgan fingerprint density at radius 2 is 2.19 bits per heavy atom. The quantitative estimate of drug-likeness (QED) is 0.763. The van der Waals surface area contributed by atoms with Gasteiger partial charge in [0, 0.05) is 11.8 Å². The SMILES string of the molecule is CC1Cc2cc(CC(C)(C)CBr)ccc2O1. The molecule has 0 amide bonds. The van der Waals surface area contributed by atoms with Gasteiger partial charge in [0.05, 0.1) is 0 Å².